The van der Waals surface area contributed by atoms with Gasteiger partial charge in [0.15, 0.2) is 5.82 Å². The number of pyridine rings is 1. The van der Waals surface area contributed by atoms with Gasteiger partial charge in [-0.05, 0) is 24.6 Å². The molecule has 31 heavy (non-hydrogen) atoms. The normalized spacial score (nSPS) is 16.1. The second-order valence-electron chi connectivity index (χ2n) is 7.35. The molecule has 0 aromatic carbocycles. The lowest BCUT2D eigenvalue weighted by atomic mass is 10.1. The number of anilines is 2. The summed E-state index contributed by atoms with van der Waals surface area (Å²) in [6.07, 6.45) is 4.33. The Bertz CT molecular complexity index is 1250. The molecule has 5 rings (SSSR count). The van der Waals surface area contributed by atoms with Gasteiger partial charge in [-0.25, -0.2) is 19.9 Å². The molecule has 1 aliphatic rings. The van der Waals surface area contributed by atoms with Crippen molar-refractivity contribution in [3.63, 3.8) is 0 Å². The van der Waals surface area contributed by atoms with Gasteiger partial charge < -0.3 is 10.2 Å². The number of amides is 1. The molecule has 1 fully saturated rings. The molecule has 1 atom stereocenters. The van der Waals surface area contributed by atoms with Crippen molar-refractivity contribution in [2.24, 2.45) is 7.05 Å². The fourth-order valence-corrected chi connectivity index (χ4v) is 4.36. The van der Waals surface area contributed by atoms with Gasteiger partial charge in [0.05, 0.1) is 28.7 Å². The highest BCUT2D eigenvalue weighted by Gasteiger charge is 2.32. The van der Waals surface area contributed by atoms with E-state index in [1.54, 1.807) is 15.8 Å². The molecule has 10 heteroatoms. The van der Waals surface area contributed by atoms with Crippen LogP contribution in [0, 0.1) is 0 Å². The van der Waals surface area contributed by atoms with E-state index in [4.69, 9.17) is 9.97 Å². The number of hydrogen-bond donors (Lipinski definition) is 1. The van der Waals surface area contributed by atoms with Gasteiger partial charge in [-0.1, -0.05) is 6.07 Å². The quantitative estimate of drug-likeness (QED) is 0.517. The van der Waals surface area contributed by atoms with Crippen LogP contribution in [0.4, 0.5) is 11.8 Å². The molecule has 1 N–H and O–H groups in total. The highest BCUT2D eigenvalue weighted by atomic mass is 32.1. The second-order valence-corrected chi connectivity index (χ2v) is 8.21. The van der Waals surface area contributed by atoms with Crippen molar-refractivity contribution in [3.8, 4) is 22.1 Å². The van der Waals surface area contributed by atoms with Gasteiger partial charge in [0.1, 0.15) is 5.01 Å². The van der Waals surface area contributed by atoms with E-state index >= 15 is 0 Å². The van der Waals surface area contributed by atoms with Crippen LogP contribution in [0.1, 0.15) is 18.0 Å². The van der Waals surface area contributed by atoms with Crippen molar-refractivity contribution in [1.29, 1.82) is 0 Å². The minimum atomic E-state index is -0.153. The number of aromatic nitrogens is 6. The predicted octanol–water partition coefficient (Wildman–Crippen LogP) is 3.08. The summed E-state index contributed by atoms with van der Waals surface area (Å²) in [5.41, 5.74) is 2.99. The number of aryl methyl sites for hydroxylation is 1. The monoisotopic (exact) mass is 432 g/mol. The number of carbonyl (C=O) groups excluding carboxylic acids is 1. The zero-order chi connectivity index (χ0) is 21.4. The third-order valence-corrected chi connectivity index (χ3v) is 6.03. The summed E-state index contributed by atoms with van der Waals surface area (Å²) < 4.78 is 1.71. The molecule has 4 aromatic heterocycles. The van der Waals surface area contributed by atoms with Crippen LogP contribution in [-0.4, -0.2) is 54.1 Å². The van der Waals surface area contributed by atoms with Crippen molar-refractivity contribution in [2.45, 2.75) is 12.3 Å². The van der Waals surface area contributed by atoms with Crippen LogP contribution in [0.5, 0.6) is 0 Å². The molecule has 4 aromatic rings. The lowest BCUT2D eigenvalue weighted by Crippen LogP contribution is -2.21. The van der Waals surface area contributed by atoms with Gasteiger partial charge in [0.25, 0.3) is 0 Å². The SMILES string of the molecule is CN1CCC(c2csc(-c3cccc(-c4ccnc(Nc5ccn(C)n5)n4)n3)n2)C1=O. The number of carbonyl (C=O) groups is 1. The lowest BCUT2D eigenvalue weighted by molar-refractivity contribution is -0.127. The Hall–Kier alpha value is -3.66. The summed E-state index contributed by atoms with van der Waals surface area (Å²) in [4.78, 5) is 32.4. The third kappa shape index (κ3) is 3.89. The van der Waals surface area contributed by atoms with E-state index in [-0.39, 0.29) is 11.8 Å². The number of likely N-dealkylation sites (N-methyl/N-ethyl adjacent to an activating group) is 1. The maximum Gasteiger partial charge on any atom is 0.231 e. The van der Waals surface area contributed by atoms with Crippen molar-refractivity contribution >= 4 is 29.0 Å². The zero-order valence-corrected chi connectivity index (χ0v) is 17.9. The smallest absolute Gasteiger partial charge is 0.231 e. The molecular formula is C21H20N8OS. The molecule has 5 heterocycles. The number of rotatable bonds is 5. The Morgan fingerprint density at radius 3 is 2.68 bits per heavy atom. The largest absolute Gasteiger partial charge is 0.345 e. The number of nitrogens with zero attached hydrogens (tertiary/aromatic N) is 7. The molecule has 1 aliphatic heterocycles. The van der Waals surface area contributed by atoms with E-state index in [2.05, 4.69) is 20.4 Å². The van der Waals surface area contributed by atoms with E-state index in [9.17, 15) is 4.79 Å². The first-order valence-electron chi connectivity index (χ1n) is 9.85. The molecule has 156 valence electrons. The van der Waals surface area contributed by atoms with E-state index in [1.807, 2.05) is 56.0 Å². The van der Waals surface area contributed by atoms with Gasteiger partial charge in [0.2, 0.25) is 11.9 Å². The Kier molecular flexibility index (Phi) is 4.91. The number of likely N-dealkylation sites (tertiary alicyclic amines) is 1. The van der Waals surface area contributed by atoms with Crippen LogP contribution < -0.4 is 5.32 Å². The molecule has 9 nitrogen and oxygen atoms in total. The van der Waals surface area contributed by atoms with Crippen LogP contribution in [0.25, 0.3) is 22.1 Å². The number of hydrogen-bond acceptors (Lipinski definition) is 8. The van der Waals surface area contributed by atoms with Crippen molar-refractivity contribution < 1.29 is 4.79 Å². The molecule has 0 aliphatic carbocycles. The third-order valence-electron chi connectivity index (χ3n) is 5.15. The first kappa shape index (κ1) is 19.3. The average Bonchev–Trinajstić information content (AvgIpc) is 3.50. The number of thiazole rings is 1. The molecule has 0 bridgehead atoms. The minimum absolute atomic E-state index is 0.132. The Morgan fingerprint density at radius 1 is 1.06 bits per heavy atom. The summed E-state index contributed by atoms with van der Waals surface area (Å²) in [7, 11) is 3.68. The van der Waals surface area contributed by atoms with E-state index in [1.165, 1.54) is 11.3 Å². The van der Waals surface area contributed by atoms with E-state index < -0.39 is 0 Å². The van der Waals surface area contributed by atoms with Crippen LogP contribution >= 0.6 is 11.3 Å². The summed E-state index contributed by atoms with van der Waals surface area (Å²) in [6.45, 7) is 0.771. The van der Waals surface area contributed by atoms with Crippen molar-refractivity contribution in [1.82, 2.24) is 34.6 Å². The molecule has 0 saturated carbocycles. The summed E-state index contributed by atoms with van der Waals surface area (Å²) in [5, 5.41) is 10.1. The minimum Gasteiger partial charge on any atom is -0.345 e. The summed E-state index contributed by atoms with van der Waals surface area (Å²) in [6, 6.07) is 9.42. The van der Waals surface area contributed by atoms with Gasteiger partial charge in [0, 0.05) is 44.5 Å². The predicted molar refractivity (Wildman–Crippen MR) is 118 cm³/mol. The highest BCUT2D eigenvalue weighted by Crippen LogP contribution is 2.32. The van der Waals surface area contributed by atoms with Crippen LogP contribution in [-0.2, 0) is 11.8 Å². The maximum atomic E-state index is 12.3. The average molecular weight is 433 g/mol. The van der Waals surface area contributed by atoms with Crippen LogP contribution in [0.15, 0.2) is 48.1 Å². The van der Waals surface area contributed by atoms with Gasteiger partial charge in [-0.15, -0.1) is 11.3 Å². The molecule has 1 saturated heterocycles. The standard InChI is InChI=1S/C21H20N8OS/c1-28-10-7-13(20(28)30)17-12-31-19(24-17)16-5-3-4-14(23-16)15-6-9-22-21(25-15)26-18-8-11-29(2)27-18/h3-6,8-9,11-13H,7,10H2,1-2H3,(H,22,25,26,27). The summed E-state index contributed by atoms with van der Waals surface area (Å²) in [5.74, 6) is 1.10. The number of nitrogens with one attached hydrogen (secondary N) is 1. The summed E-state index contributed by atoms with van der Waals surface area (Å²) >= 11 is 1.50. The fraction of sp³-hybridized carbons (Fsp3) is 0.238. The van der Waals surface area contributed by atoms with Gasteiger partial charge >= 0.3 is 0 Å². The Labute approximate surface area is 182 Å². The molecule has 1 unspecified atom stereocenters. The van der Waals surface area contributed by atoms with Crippen LogP contribution in [0.3, 0.4) is 0 Å². The Balaban J connectivity index is 1.40. The van der Waals surface area contributed by atoms with E-state index in [0.717, 1.165) is 35.1 Å². The van der Waals surface area contributed by atoms with Gasteiger partial charge in [-0.3, -0.25) is 9.48 Å². The fourth-order valence-electron chi connectivity index (χ4n) is 3.52. The Morgan fingerprint density at radius 2 is 1.90 bits per heavy atom. The molecule has 0 spiro atoms. The molecule has 0 radical (unpaired) electrons. The van der Waals surface area contributed by atoms with Crippen molar-refractivity contribution in [2.75, 3.05) is 18.9 Å². The first-order valence-corrected chi connectivity index (χ1v) is 10.7. The topological polar surface area (TPSA) is 102 Å². The zero-order valence-electron chi connectivity index (χ0n) is 17.1. The van der Waals surface area contributed by atoms with E-state index in [0.29, 0.717) is 17.5 Å². The highest BCUT2D eigenvalue weighted by molar-refractivity contribution is 7.13. The second kappa shape index (κ2) is 7.88. The van der Waals surface area contributed by atoms with Gasteiger partial charge in [-0.2, -0.15) is 5.10 Å². The lowest BCUT2D eigenvalue weighted by Gasteiger charge is -2.07. The first-order chi connectivity index (χ1) is 15.1. The molecule has 1 amide bonds. The van der Waals surface area contributed by atoms with Crippen LogP contribution in [0.2, 0.25) is 0 Å². The van der Waals surface area contributed by atoms with Crippen molar-refractivity contribution in [3.05, 3.63) is 53.8 Å². The molecular weight excluding hydrogens is 412 g/mol. The maximum absolute atomic E-state index is 12.3.